The molecule has 4 aromatic rings. The summed E-state index contributed by atoms with van der Waals surface area (Å²) in [5, 5.41) is 5.51. The molecule has 0 radical (unpaired) electrons. The van der Waals surface area contributed by atoms with Crippen molar-refractivity contribution in [2.24, 2.45) is 0 Å². The summed E-state index contributed by atoms with van der Waals surface area (Å²) in [4.78, 5) is 17.1. The summed E-state index contributed by atoms with van der Waals surface area (Å²) in [6, 6.07) is 12.4. The van der Waals surface area contributed by atoms with Gasteiger partial charge >= 0.3 is 12.1 Å². The molecule has 2 heterocycles. The van der Waals surface area contributed by atoms with E-state index in [9.17, 15) is 18.0 Å². The average Bonchev–Trinajstić information content (AvgIpc) is 3.19. The van der Waals surface area contributed by atoms with Gasteiger partial charge in [-0.1, -0.05) is 0 Å². The lowest BCUT2D eigenvalue weighted by molar-refractivity contribution is -0.157. The molecule has 2 aromatic carbocycles. The molecule has 0 fully saturated rings. The van der Waals surface area contributed by atoms with Crippen molar-refractivity contribution in [3.63, 3.8) is 0 Å². The Kier molecular flexibility index (Phi) is 7.49. The Morgan fingerprint density at radius 1 is 1.05 bits per heavy atom. The van der Waals surface area contributed by atoms with E-state index in [2.05, 4.69) is 10.1 Å². The molecule has 0 aliphatic carbocycles. The predicted octanol–water partition coefficient (Wildman–Crippen LogP) is 6.76. The van der Waals surface area contributed by atoms with E-state index in [0.717, 1.165) is 39.2 Å². The summed E-state index contributed by atoms with van der Waals surface area (Å²) < 4.78 is 51.4. The number of esters is 1. The van der Waals surface area contributed by atoms with Crippen LogP contribution in [0.15, 0.2) is 65.8 Å². The molecular weight excluding hydrogens is 503 g/mol. The van der Waals surface area contributed by atoms with Crippen LogP contribution >= 0.6 is 11.8 Å². The molecule has 0 atom stereocenters. The lowest BCUT2D eigenvalue weighted by Gasteiger charge is -2.19. The molecule has 0 aliphatic rings. The van der Waals surface area contributed by atoms with E-state index in [1.807, 2.05) is 25.1 Å². The first-order chi connectivity index (χ1) is 17.4. The number of benzene rings is 2. The van der Waals surface area contributed by atoms with Crippen molar-refractivity contribution in [2.75, 3.05) is 6.61 Å². The topological polar surface area (TPSA) is 66.2 Å². The van der Waals surface area contributed by atoms with E-state index < -0.39 is 23.3 Å². The van der Waals surface area contributed by atoms with Crippen molar-refractivity contribution in [1.82, 2.24) is 14.8 Å². The Bertz CT molecular complexity index is 1410. The first kappa shape index (κ1) is 26.5. The van der Waals surface area contributed by atoms with E-state index in [4.69, 9.17) is 9.47 Å². The van der Waals surface area contributed by atoms with E-state index in [1.54, 1.807) is 55.7 Å². The minimum atomic E-state index is -4.40. The first-order valence-corrected chi connectivity index (χ1v) is 12.5. The van der Waals surface area contributed by atoms with Gasteiger partial charge in [-0.05, 0) is 81.8 Å². The third-order valence-corrected chi connectivity index (χ3v) is 6.29. The number of alkyl halides is 3. The number of aryl methyl sites for hydroxylation is 1. The molecule has 10 heteroatoms. The molecule has 0 aliphatic heterocycles. The van der Waals surface area contributed by atoms with Gasteiger partial charge in [0, 0.05) is 28.4 Å². The van der Waals surface area contributed by atoms with E-state index in [1.165, 1.54) is 12.1 Å². The summed E-state index contributed by atoms with van der Waals surface area (Å²) in [6.07, 6.45) is -1.07. The lowest BCUT2D eigenvalue weighted by atomic mass is 10.2. The van der Waals surface area contributed by atoms with Crippen LogP contribution in [0.4, 0.5) is 13.2 Å². The second-order valence-electron chi connectivity index (χ2n) is 9.39. The molecular formula is C27H26F3N3O3S. The molecule has 194 valence electrons. The van der Waals surface area contributed by atoms with Gasteiger partial charge in [0.2, 0.25) is 0 Å². The number of pyridine rings is 1. The Balaban J connectivity index is 1.48. The maximum atomic E-state index is 13.0. The smallest absolute Gasteiger partial charge is 0.416 e. The summed E-state index contributed by atoms with van der Waals surface area (Å²) in [7, 11) is 0. The van der Waals surface area contributed by atoms with Crippen molar-refractivity contribution in [2.45, 2.75) is 50.1 Å². The molecule has 0 bridgehead atoms. The number of thioether (sulfide) groups is 1. The Morgan fingerprint density at radius 3 is 2.43 bits per heavy atom. The van der Waals surface area contributed by atoms with Crippen LogP contribution in [0.2, 0.25) is 0 Å². The molecule has 0 amide bonds. The number of carbonyl (C=O) groups excluding carboxylic acids is 1. The highest BCUT2D eigenvalue weighted by atomic mass is 32.2. The molecule has 6 nitrogen and oxygen atoms in total. The van der Waals surface area contributed by atoms with E-state index in [-0.39, 0.29) is 6.61 Å². The third-order valence-electron chi connectivity index (χ3n) is 5.28. The molecule has 0 saturated heterocycles. The van der Waals surface area contributed by atoms with Crippen molar-refractivity contribution in [1.29, 1.82) is 0 Å². The van der Waals surface area contributed by atoms with Gasteiger partial charge in [0.1, 0.15) is 11.4 Å². The SMILES string of the molecule is Cc1cc(SCc2nn(-c3ccc(C(F)(F)F)cc3)c3ccncc23)ccc1OCC(=O)OC(C)(C)C. The van der Waals surface area contributed by atoms with Gasteiger partial charge in [-0.15, -0.1) is 11.8 Å². The molecule has 0 N–H and O–H groups in total. The van der Waals surface area contributed by atoms with Gasteiger partial charge in [0.25, 0.3) is 0 Å². The van der Waals surface area contributed by atoms with Gasteiger partial charge in [0.15, 0.2) is 6.61 Å². The van der Waals surface area contributed by atoms with Crippen LogP contribution in [-0.2, 0) is 21.5 Å². The van der Waals surface area contributed by atoms with Gasteiger partial charge in [0.05, 0.1) is 22.5 Å². The first-order valence-electron chi connectivity index (χ1n) is 11.5. The van der Waals surface area contributed by atoms with E-state index in [0.29, 0.717) is 17.2 Å². The Hall–Kier alpha value is -3.53. The molecule has 4 rings (SSSR count). The minimum absolute atomic E-state index is 0.176. The van der Waals surface area contributed by atoms with Crippen LogP contribution in [0.3, 0.4) is 0 Å². The third kappa shape index (κ3) is 6.62. The molecule has 0 saturated carbocycles. The van der Waals surface area contributed by atoms with Gasteiger partial charge < -0.3 is 9.47 Å². The maximum absolute atomic E-state index is 13.0. The number of fused-ring (bicyclic) bond motifs is 1. The number of nitrogens with zero attached hydrogens (tertiary/aromatic N) is 3. The standard InChI is InChI=1S/C27H26F3N3O3S/c1-17-13-20(9-10-24(17)35-15-25(34)36-26(2,3)4)37-16-22-21-14-31-12-11-23(21)33(32-22)19-7-5-18(6-8-19)27(28,29)30/h5-14H,15-16H2,1-4H3. The largest absolute Gasteiger partial charge is 0.482 e. The Labute approximate surface area is 216 Å². The number of hydrogen-bond donors (Lipinski definition) is 0. The number of ether oxygens (including phenoxy) is 2. The van der Waals surface area contributed by atoms with Crippen molar-refractivity contribution < 1.29 is 27.4 Å². The van der Waals surface area contributed by atoms with Crippen LogP contribution in [-0.4, -0.2) is 32.9 Å². The van der Waals surface area contributed by atoms with Crippen LogP contribution in [0.1, 0.15) is 37.6 Å². The zero-order valence-corrected chi connectivity index (χ0v) is 21.6. The number of carbonyl (C=O) groups is 1. The molecule has 0 spiro atoms. The summed E-state index contributed by atoms with van der Waals surface area (Å²) in [6.45, 7) is 7.12. The highest BCUT2D eigenvalue weighted by Gasteiger charge is 2.30. The van der Waals surface area contributed by atoms with Crippen LogP contribution in [0, 0.1) is 6.92 Å². The molecule has 0 unspecified atom stereocenters. The fourth-order valence-corrected chi connectivity index (χ4v) is 4.59. The minimum Gasteiger partial charge on any atom is -0.482 e. The van der Waals surface area contributed by atoms with Gasteiger partial charge in [-0.25, -0.2) is 9.48 Å². The predicted molar refractivity (Wildman–Crippen MR) is 136 cm³/mol. The number of halogens is 3. The quantitative estimate of drug-likeness (QED) is 0.195. The summed E-state index contributed by atoms with van der Waals surface area (Å²) in [5.41, 5.74) is 1.63. The van der Waals surface area contributed by atoms with Crippen LogP contribution < -0.4 is 4.74 Å². The lowest BCUT2D eigenvalue weighted by Crippen LogP contribution is -2.27. The fourth-order valence-electron chi connectivity index (χ4n) is 3.65. The fraction of sp³-hybridized carbons (Fsp3) is 0.296. The highest BCUT2D eigenvalue weighted by Crippen LogP contribution is 2.32. The van der Waals surface area contributed by atoms with E-state index >= 15 is 0 Å². The van der Waals surface area contributed by atoms with Crippen molar-refractivity contribution >= 4 is 28.6 Å². The normalized spacial score (nSPS) is 12.1. The highest BCUT2D eigenvalue weighted by molar-refractivity contribution is 7.98. The Morgan fingerprint density at radius 2 is 1.78 bits per heavy atom. The van der Waals surface area contributed by atoms with Gasteiger partial charge in [-0.3, -0.25) is 4.98 Å². The number of aromatic nitrogens is 3. The molecule has 2 aromatic heterocycles. The second kappa shape index (κ2) is 10.5. The van der Waals surface area contributed by atoms with Gasteiger partial charge in [-0.2, -0.15) is 18.3 Å². The zero-order valence-electron chi connectivity index (χ0n) is 20.8. The van der Waals surface area contributed by atoms with Crippen LogP contribution in [0.25, 0.3) is 16.6 Å². The van der Waals surface area contributed by atoms with Crippen molar-refractivity contribution in [3.05, 3.63) is 77.7 Å². The number of rotatable bonds is 7. The van der Waals surface area contributed by atoms with Crippen LogP contribution in [0.5, 0.6) is 5.75 Å². The zero-order chi connectivity index (χ0) is 26.8. The van der Waals surface area contributed by atoms with Crippen molar-refractivity contribution in [3.8, 4) is 11.4 Å². The molecule has 37 heavy (non-hydrogen) atoms. The summed E-state index contributed by atoms with van der Waals surface area (Å²) >= 11 is 1.56. The number of hydrogen-bond acceptors (Lipinski definition) is 6. The second-order valence-corrected chi connectivity index (χ2v) is 10.4. The maximum Gasteiger partial charge on any atom is 0.416 e. The monoisotopic (exact) mass is 529 g/mol. The average molecular weight is 530 g/mol. The summed E-state index contributed by atoms with van der Waals surface area (Å²) in [5.74, 6) is 0.679.